The number of aliphatic hydroxyl groups is 4. The lowest BCUT2D eigenvalue weighted by molar-refractivity contribution is -0.305. The fourth-order valence-electron chi connectivity index (χ4n) is 6.08. The van der Waals surface area contributed by atoms with Crippen LogP contribution in [0.15, 0.2) is 85.1 Å². The summed E-state index contributed by atoms with van der Waals surface area (Å²) < 4.78 is 22.7. The molecule has 9 heteroatoms. The van der Waals surface area contributed by atoms with Crippen molar-refractivity contribution < 1.29 is 44.2 Å². The Labute approximate surface area is 346 Å². The normalized spacial score (nSPS) is 21.3. The molecule has 0 amide bonds. The molecule has 0 aromatic carbocycles. The van der Waals surface area contributed by atoms with Gasteiger partial charge in [-0.05, 0) is 89.9 Å². The molecule has 1 heterocycles. The van der Waals surface area contributed by atoms with Gasteiger partial charge in [0.25, 0.3) is 0 Å². The van der Waals surface area contributed by atoms with Crippen LogP contribution in [0.2, 0.25) is 0 Å². The van der Waals surface area contributed by atoms with Crippen LogP contribution in [0.4, 0.5) is 0 Å². The molecule has 326 valence electrons. The number of ether oxygens (including phenoxy) is 4. The Kier molecular flexibility index (Phi) is 35.7. The Bertz CT molecular complexity index is 1140. The van der Waals surface area contributed by atoms with Crippen molar-refractivity contribution in [3.05, 3.63) is 85.1 Å². The molecule has 0 bridgehead atoms. The van der Waals surface area contributed by atoms with E-state index in [4.69, 9.17) is 18.9 Å². The number of esters is 1. The zero-order valence-corrected chi connectivity index (χ0v) is 35.6. The van der Waals surface area contributed by atoms with Gasteiger partial charge in [-0.1, -0.05) is 137 Å². The summed E-state index contributed by atoms with van der Waals surface area (Å²) in [4.78, 5) is 12.8. The first-order chi connectivity index (χ1) is 27.9. The fraction of sp³-hybridized carbons (Fsp3) is 0.688. The first-order valence-electron chi connectivity index (χ1n) is 22.2. The Balaban J connectivity index is 2.34. The lowest BCUT2D eigenvalue weighted by Gasteiger charge is -2.39. The lowest BCUT2D eigenvalue weighted by atomic mass is 9.99. The first kappa shape index (κ1) is 52.4. The van der Waals surface area contributed by atoms with Gasteiger partial charge in [0.05, 0.1) is 19.8 Å². The van der Waals surface area contributed by atoms with Gasteiger partial charge in [0, 0.05) is 13.0 Å². The van der Waals surface area contributed by atoms with Crippen molar-refractivity contribution in [1.82, 2.24) is 0 Å². The summed E-state index contributed by atoms with van der Waals surface area (Å²) in [7, 11) is 0. The number of hydrogen-bond acceptors (Lipinski definition) is 9. The summed E-state index contributed by atoms with van der Waals surface area (Å²) in [5.41, 5.74) is 0. The van der Waals surface area contributed by atoms with Gasteiger partial charge in [-0.25, -0.2) is 0 Å². The van der Waals surface area contributed by atoms with Crippen molar-refractivity contribution >= 4 is 5.97 Å². The maximum atomic E-state index is 12.8. The summed E-state index contributed by atoms with van der Waals surface area (Å²) >= 11 is 0. The van der Waals surface area contributed by atoms with E-state index in [-0.39, 0.29) is 25.6 Å². The van der Waals surface area contributed by atoms with Gasteiger partial charge in [0.2, 0.25) is 0 Å². The van der Waals surface area contributed by atoms with Crippen LogP contribution in [0.1, 0.15) is 149 Å². The Hall–Kier alpha value is -2.63. The molecule has 57 heavy (non-hydrogen) atoms. The van der Waals surface area contributed by atoms with Gasteiger partial charge < -0.3 is 39.4 Å². The van der Waals surface area contributed by atoms with E-state index in [1.165, 1.54) is 32.1 Å². The maximum Gasteiger partial charge on any atom is 0.306 e. The highest BCUT2D eigenvalue weighted by atomic mass is 16.7. The third-order valence-electron chi connectivity index (χ3n) is 9.55. The smallest absolute Gasteiger partial charge is 0.306 e. The van der Waals surface area contributed by atoms with Crippen LogP contribution in [0, 0.1) is 0 Å². The fourth-order valence-corrected chi connectivity index (χ4v) is 6.08. The topological polar surface area (TPSA) is 135 Å². The van der Waals surface area contributed by atoms with Crippen molar-refractivity contribution in [3.63, 3.8) is 0 Å². The maximum absolute atomic E-state index is 12.8. The van der Waals surface area contributed by atoms with E-state index in [1.807, 2.05) is 0 Å². The molecular formula is C48H80O9. The molecule has 1 aliphatic heterocycles. The van der Waals surface area contributed by atoms with Gasteiger partial charge in [0.15, 0.2) is 6.29 Å². The van der Waals surface area contributed by atoms with Crippen LogP contribution >= 0.6 is 0 Å². The van der Waals surface area contributed by atoms with E-state index >= 15 is 0 Å². The van der Waals surface area contributed by atoms with Crippen LogP contribution in [0.3, 0.4) is 0 Å². The van der Waals surface area contributed by atoms with E-state index in [2.05, 4.69) is 98.9 Å². The second-order valence-corrected chi connectivity index (χ2v) is 14.8. The highest BCUT2D eigenvalue weighted by Gasteiger charge is 2.44. The van der Waals surface area contributed by atoms with Crippen LogP contribution in [0.25, 0.3) is 0 Å². The molecule has 0 aromatic heterocycles. The van der Waals surface area contributed by atoms with Gasteiger partial charge in [-0.2, -0.15) is 0 Å². The van der Waals surface area contributed by atoms with Gasteiger partial charge >= 0.3 is 5.97 Å². The number of allylic oxidation sites excluding steroid dienone is 14. The minimum atomic E-state index is -1.55. The Morgan fingerprint density at radius 2 is 1.07 bits per heavy atom. The number of carbonyl (C=O) groups excluding carboxylic acids is 1. The zero-order chi connectivity index (χ0) is 41.4. The molecule has 1 aliphatic rings. The van der Waals surface area contributed by atoms with Crippen molar-refractivity contribution in [2.75, 3.05) is 26.4 Å². The van der Waals surface area contributed by atoms with Gasteiger partial charge in [0.1, 0.15) is 30.5 Å². The molecule has 9 nitrogen and oxygen atoms in total. The van der Waals surface area contributed by atoms with Crippen molar-refractivity contribution in [1.29, 1.82) is 0 Å². The quantitative estimate of drug-likeness (QED) is 0.0278. The highest BCUT2D eigenvalue weighted by Crippen LogP contribution is 2.22. The third kappa shape index (κ3) is 30.1. The summed E-state index contributed by atoms with van der Waals surface area (Å²) in [5, 5.41) is 40.1. The van der Waals surface area contributed by atoms with E-state index in [0.29, 0.717) is 6.61 Å². The molecular weight excluding hydrogens is 721 g/mol. The van der Waals surface area contributed by atoms with E-state index in [9.17, 15) is 25.2 Å². The minimum absolute atomic E-state index is 0.104. The monoisotopic (exact) mass is 801 g/mol. The van der Waals surface area contributed by atoms with Gasteiger partial charge in [-0.3, -0.25) is 4.79 Å². The minimum Gasteiger partial charge on any atom is -0.457 e. The molecule has 0 radical (unpaired) electrons. The average Bonchev–Trinajstić information content (AvgIpc) is 3.21. The van der Waals surface area contributed by atoms with E-state index in [0.717, 1.165) is 96.3 Å². The molecule has 1 rings (SSSR count). The second-order valence-electron chi connectivity index (χ2n) is 14.8. The van der Waals surface area contributed by atoms with Crippen LogP contribution in [0.5, 0.6) is 0 Å². The molecule has 0 saturated carbocycles. The zero-order valence-electron chi connectivity index (χ0n) is 35.6. The largest absolute Gasteiger partial charge is 0.457 e. The molecule has 0 aromatic rings. The van der Waals surface area contributed by atoms with Crippen molar-refractivity contribution in [2.45, 2.75) is 185 Å². The van der Waals surface area contributed by atoms with E-state index in [1.54, 1.807) is 0 Å². The number of hydrogen-bond donors (Lipinski definition) is 4. The van der Waals surface area contributed by atoms with Crippen LogP contribution in [-0.2, 0) is 23.7 Å². The highest BCUT2D eigenvalue weighted by molar-refractivity contribution is 5.69. The number of rotatable bonds is 36. The molecule has 1 fully saturated rings. The number of aliphatic hydroxyl groups excluding tert-OH is 4. The molecule has 0 aliphatic carbocycles. The van der Waals surface area contributed by atoms with Gasteiger partial charge in [-0.15, -0.1) is 0 Å². The molecule has 4 N–H and O–H groups in total. The van der Waals surface area contributed by atoms with Crippen molar-refractivity contribution in [3.8, 4) is 0 Å². The summed E-state index contributed by atoms with van der Waals surface area (Å²) in [5.74, 6) is -0.347. The van der Waals surface area contributed by atoms with Crippen LogP contribution in [-0.4, -0.2) is 89.6 Å². The lowest BCUT2D eigenvalue weighted by Crippen LogP contribution is -2.59. The van der Waals surface area contributed by atoms with Crippen molar-refractivity contribution in [2.24, 2.45) is 0 Å². The SMILES string of the molecule is CC/C=C\C/C=C\C/C=C\C/C=C\C/C=C\CCCCOCC(COC1OC(CO)C(O)C(O)C1O)OC(=O)CCCCCCC/C=C\C/C=C\CCCCCC. The Morgan fingerprint density at radius 3 is 1.61 bits per heavy atom. The average molecular weight is 801 g/mol. The standard InChI is InChI=1S/C48H80O9/c1-3-5-7-9-11-13-15-17-19-21-22-24-26-28-30-32-34-36-38-54-40-42(41-55-48-47(53)46(52)45(51)43(39-49)57-48)56-44(50)37-35-33-31-29-27-25-23-20-18-16-14-12-10-8-6-4-2/h5,7,11,13-14,16-17,19-20,22-24,28,30,42-43,45-49,51-53H,3-4,6,8-10,12,15,18,21,25-27,29,31-41H2,1-2H3/b7-5-,13-11-,16-14-,19-17-,23-20-,24-22-,30-28-. The third-order valence-corrected chi connectivity index (χ3v) is 9.55. The number of unbranched alkanes of at least 4 members (excludes halogenated alkanes) is 11. The molecule has 6 unspecified atom stereocenters. The Morgan fingerprint density at radius 1 is 0.579 bits per heavy atom. The summed E-state index contributed by atoms with van der Waals surface area (Å²) in [6, 6.07) is 0. The predicted octanol–water partition coefficient (Wildman–Crippen LogP) is 9.86. The molecule has 0 spiro atoms. The van der Waals surface area contributed by atoms with E-state index < -0.39 is 43.4 Å². The molecule has 1 saturated heterocycles. The number of carbonyl (C=O) groups is 1. The molecule has 6 atom stereocenters. The van der Waals surface area contributed by atoms with Crippen LogP contribution < -0.4 is 0 Å². The summed E-state index contributed by atoms with van der Waals surface area (Å²) in [6.07, 6.45) is 44.6. The summed E-state index contributed by atoms with van der Waals surface area (Å²) in [6.45, 7) is 4.28. The first-order valence-corrected chi connectivity index (χ1v) is 22.2. The second kappa shape index (κ2) is 38.9. The predicted molar refractivity (Wildman–Crippen MR) is 233 cm³/mol.